The zero-order chi connectivity index (χ0) is 14.6. The molecule has 20 heavy (non-hydrogen) atoms. The van der Waals surface area contributed by atoms with Gasteiger partial charge in [-0.2, -0.15) is 0 Å². The zero-order valence-corrected chi connectivity index (χ0v) is 12.2. The quantitative estimate of drug-likeness (QED) is 0.870. The van der Waals surface area contributed by atoms with Gasteiger partial charge in [0.05, 0.1) is 7.11 Å². The van der Waals surface area contributed by atoms with Crippen LogP contribution in [-0.4, -0.2) is 26.0 Å². The van der Waals surface area contributed by atoms with Gasteiger partial charge in [0, 0.05) is 18.4 Å². The molecule has 0 aliphatic carbocycles. The first-order valence-electron chi connectivity index (χ1n) is 7.18. The summed E-state index contributed by atoms with van der Waals surface area (Å²) in [7, 11) is 1.43. The minimum atomic E-state index is -0.416. The molecule has 1 aliphatic rings. The van der Waals surface area contributed by atoms with E-state index in [-0.39, 0.29) is 23.4 Å². The normalized spacial score (nSPS) is 21.9. The number of ether oxygens (including phenoxy) is 1. The molecule has 110 valence electrons. The molecular weight excluding hydrogens is 257 g/mol. The van der Waals surface area contributed by atoms with Crippen molar-refractivity contribution < 1.29 is 13.9 Å². The van der Waals surface area contributed by atoms with Crippen molar-refractivity contribution in [1.82, 2.24) is 5.32 Å². The maximum Gasteiger partial charge on any atom is 0.168 e. The zero-order valence-electron chi connectivity index (χ0n) is 12.2. The second kappa shape index (κ2) is 6.35. The summed E-state index contributed by atoms with van der Waals surface area (Å²) in [6.45, 7) is 3.66. The molecule has 0 aromatic heterocycles. The maximum absolute atomic E-state index is 14.1. The number of carbonyl (C=O) groups is 1. The lowest BCUT2D eigenvalue weighted by Crippen LogP contribution is -2.34. The Balaban J connectivity index is 2.18. The van der Waals surface area contributed by atoms with E-state index in [1.807, 2.05) is 0 Å². The third-order valence-electron chi connectivity index (χ3n) is 4.18. The number of hydrogen-bond donors (Lipinski definition) is 1. The van der Waals surface area contributed by atoms with Gasteiger partial charge in [0.2, 0.25) is 0 Å². The SMILES string of the molecule is CCCC1(C(=O)Cc2cccc(OC)c2F)CCNC1. The number of carbonyl (C=O) groups excluding carboxylic acids is 1. The molecule has 1 saturated heterocycles. The van der Waals surface area contributed by atoms with Crippen LogP contribution in [0.3, 0.4) is 0 Å². The Morgan fingerprint density at radius 1 is 1.50 bits per heavy atom. The van der Waals surface area contributed by atoms with Crippen LogP contribution < -0.4 is 10.1 Å². The lowest BCUT2D eigenvalue weighted by molar-refractivity contribution is -0.127. The minimum absolute atomic E-state index is 0.136. The largest absolute Gasteiger partial charge is 0.494 e. The van der Waals surface area contributed by atoms with Gasteiger partial charge < -0.3 is 10.1 Å². The second-order valence-corrected chi connectivity index (χ2v) is 5.49. The Bertz CT molecular complexity index is 481. The van der Waals surface area contributed by atoms with Gasteiger partial charge in [-0.25, -0.2) is 4.39 Å². The van der Waals surface area contributed by atoms with E-state index in [9.17, 15) is 9.18 Å². The first-order valence-corrected chi connectivity index (χ1v) is 7.18. The van der Waals surface area contributed by atoms with Crippen LogP contribution in [0, 0.1) is 11.2 Å². The van der Waals surface area contributed by atoms with E-state index in [1.54, 1.807) is 18.2 Å². The van der Waals surface area contributed by atoms with Crippen molar-refractivity contribution in [3.63, 3.8) is 0 Å². The summed E-state index contributed by atoms with van der Waals surface area (Å²) in [5, 5.41) is 3.26. The van der Waals surface area contributed by atoms with E-state index in [2.05, 4.69) is 12.2 Å². The topological polar surface area (TPSA) is 38.3 Å². The minimum Gasteiger partial charge on any atom is -0.494 e. The first kappa shape index (κ1) is 15.0. The molecule has 1 aliphatic heterocycles. The Morgan fingerprint density at radius 3 is 2.90 bits per heavy atom. The average Bonchev–Trinajstić information content (AvgIpc) is 2.91. The lowest BCUT2D eigenvalue weighted by atomic mass is 9.76. The van der Waals surface area contributed by atoms with E-state index < -0.39 is 5.82 Å². The van der Waals surface area contributed by atoms with E-state index in [1.165, 1.54) is 7.11 Å². The number of hydrogen-bond acceptors (Lipinski definition) is 3. The highest BCUT2D eigenvalue weighted by Crippen LogP contribution is 2.34. The predicted molar refractivity (Wildman–Crippen MR) is 76.5 cm³/mol. The number of nitrogens with one attached hydrogen (secondary N) is 1. The molecule has 1 fully saturated rings. The molecule has 1 unspecified atom stereocenters. The fraction of sp³-hybridized carbons (Fsp3) is 0.562. The summed E-state index contributed by atoms with van der Waals surface area (Å²) in [4.78, 5) is 12.6. The fourth-order valence-corrected chi connectivity index (χ4v) is 3.02. The molecular formula is C16H22FNO2. The molecule has 1 aromatic rings. The van der Waals surface area contributed by atoms with Crippen LogP contribution >= 0.6 is 0 Å². The third kappa shape index (κ3) is 2.85. The molecule has 1 aromatic carbocycles. The van der Waals surface area contributed by atoms with Crippen LogP contribution in [0.4, 0.5) is 4.39 Å². The monoisotopic (exact) mass is 279 g/mol. The van der Waals surface area contributed by atoms with Crippen molar-refractivity contribution in [1.29, 1.82) is 0 Å². The average molecular weight is 279 g/mol. The van der Waals surface area contributed by atoms with Crippen LogP contribution in [0.5, 0.6) is 5.75 Å². The highest BCUT2D eigenvalue weighted by atomic mass is 19.1. The van der Waals surface area contributed by atoms with Gasteiger partial charge in [-0.1, -0.05) is 25.5 Å². The van der Waals surface area contributed by atoms with Gasteiger partial charge in [0.25, 0.3) is 0 Å². The summed E-state index contributed by atoms with van der Waals surface area (Å²) in [6.07, 6.45) is 2.83. The maximum atomic E-state index is 14.1. The molecule has 4 heteroatoms. The van der Waals surface area contributed by atoms with Crippen molar-refractivity contribution in [2.45, 2.75) is 32.6 Å². The van der Waals surface area contributed by atoms with Crippen molar-refractivity contribution in [2.75, 3.05) is 20.2 Å². The second-order valence-electron chi connectivity index (χ2n) is 5.49. The van der Waals surface area contributed by atoms with Gasteiger partial charge in [-0.05, 0) is 31.0 Å². The van der Waals surface area contributed by atoms with Crippen LogP contribution in [0.25, 0.3) is 0 Å². The van der Waals surface area contributed by atoms with Crippen molar-refractivity contribution >= 4 is 5.78 Å². The van der Waals surface area contributed by atoms with Gasteiger partial charge in [0.15, 0.2) is 11.6 Å². The number of halogens is 1. The van der Waals surface area contributed by atoms with Crippen LogP contribution in [-0.2, 0) is 11.2 Å². The highest BCUT2D eigenvalue weighted by Gasteiger charge is 2.39. The van der Waals surface area contributed by atoms with Crippen molar-refractivity contribution in [3.05, 3.63) is 29.6 Å². The molecule has 1 heterocycles. The number of benzene rings is 1. The predicted octanol–water partition coefficient (Wildman–Crippen LogP) is 2.73. The summed E-state index contributed by atoms with van der Waals surface area (Å²) < 4.78 is 19.1. The lowest BCUT2D eigenvalue weighted by Gasteiger charge is -2.26. The number of Topliss-reactive ketones (excluding diaryl/α,β-unsaturated/α-hetero) is 1. The van der Waals surface area contributed by atoms with Gasteiger partial charge in [0.1, 0.15) is 5.78 Å². The van der Waals surface area contributed by atoms with Gasteiger partial charge in [-0.3, -0.25) is 4.79 Å². The summed E-state index contributed by atoms with van der Waals surface area (Å²) in [6, 6.07) is 4.96. The summed E-state index contributed by atoms with van der Waals surface area (Å²) in [5.41, 5.74) is 0.112. The summed E-state index contributed by atoms with van der Waals surface area (Å²) >= 11 is 0. The van der Waals surface area contributed by atoms with Crippen molar-refractivity contribution in [3.8, 4) is 5.75 Å². The van der Waals surface area contributed by atoms with Gasteiger partial charge >= 0.3 is 0 Å². The fourth-order valence-electron chi connectivity index (χ4n) is 3.02. The molecule has 1 atom stereocenters. The Kier molecular flexibility index (Phi) is 4.76. The van der Waals surface area contributed by atoms with Crippen molar-refractivity contribution in [2.24, 2.45) is 5.41 Å². The first-order chi connectivity index (χ1) is 9.63. The van der Waals surface area contributed by atoms with Crippen LogP contribution in [0.2, 0.25) is 0 Å². The molecule has 0 spiro atoms. The third-order valence-corrected chi connectivity index (χ3v) is 4.18. The molecule has 0 radical (unpaired) electrons. The Hall–Kier alpha value is -1.42. The highest BCUT2D eigenvalue weighted by molar-refractivity contribution is 5.87. The molecule has 2 rings (SSSR count). The molecule has 0 amide bonds. The standard InChI is InChI=1S/C16H22FNO2/c1-3-7-16(8-9-18-11-16)14(19)10-12-5-4-6-13(20-2)15(12)17/h4-6,18H,3,7-11H2,1-2H3. The Morgan fingerprint density at radius 2 is 2.30 bits per heavy atom. The summed E-state index contributed by atoms with van der Waals surface area (Å²) in [5.74, 6) is -0.0816. The van der Waals surface area contributed by atoms with E-state index in [0.717, 1.165) is 25.8 Å². The van der Waals surface area contributed by atoms with E-state index in [0.29, 0.717) is 12.1 Å². The van der Waals surface area contributed by atoms with E-state index in [4.69, 9.17) is 4.74 Å². The van der Waals surface area contributed by atoms with Gasteiger partial charge in [-0.15, -0.1) is 0 Å². The molecule has 0 bridgehead atoms. The number of methoxy groups -OCH3 is 1. The smallest absolute Gasteiger partial charge is 0.168 e. The number of ketones is 1. The molecule has 1 N–H and O–H groups in total. The Labute approximate surface area is 119 Å². The van der Waals surface area contributed by atoms with Crippen LogP contribution in [0.15, 0.2) is 18.2 Å². The van der Waals surface area contributed by atoms with E-state index >= 15 is 0 Å². The molecule has 0 saturated carbocycles. The molecule has 3 nitrogen and oxygen atoms in total. The number of rotatable bonds is 6. The van der Waals surface area contributed by atoms with Crippen LogP contribution in [0.1, 0.15) is 31.7 Å².